The maximum atomic E-state index is 12.6. The number of ether oxygens (including phenoxy) is 1. The molecule has 0 saturated carbocycles. The van der Waals surface area contributed by atoms with Crippen LogP contribution in [-0.4, -0.2) is 54.2 Å². The van der Waals surface area contributed by atoms with Crippen molar-refractivity contribution in [3.8, 4) is 0 Å². The molecule has 1 fully saturated rings. The van der Waals surface area contributed by atoms with Gasteiger partial charge in [-0.2, -0.15) is 8.78 Å². The van der Waals surface area contributed by atoms with Crippen molar-refractivity contribution in [1.29, 1.82) is 0 Å². The van der Waals surface area contributed by atoms with Gasteiger partial charge in [0.2, 0.25) is 0 Å². The number of carboxylic acids is 1. The molecule has 0 unspecified atom stereocenters. The Hall–Kier alpha value is -0.750. The Kier molecular flexibility index (Phi) is 3.38. The van der Waals surface area contributed by atoms with Gasteiger partial charge in [0, 0.05) is 19.7 Å². The number of carboxylic acid groups (broad SMARTS) is 1. The highest BCUT2D eigenvalue weighted by Gasteiger charge is 2.43. The van der Waals surface area contributed by atoms with Gasteiger partial charge in [-0.1, -0.05) is 0 Å². The molecule has 1 N–H and O–H groups in total. The normalized spacial score (nSPS) is 19.4. The van der Waals surface area contributed by atoms with Crippen molar-refractivity contribution in [2.75, 3.05) is 26.2 Å². The molecule has 1 aliphatic heterocycles. The molecule has 4 nitrogen and oxygen atoms in total. The van der Waals surface area contributed by atoms with E-state index in [-0.39, 0.29) is 6.10 Å². The summed E-state index contributed by atoms with van der Waals surface area (Å²) in [7, 11) is 0. The summed E-state index contributed by atoms with van der Waals surface area (Å²) in [5.74, 6) is -5.73. The molecular formula is C8H13F2NO3. The topological polar surface area (TPSA) is 49.8 Å². The van der Waals surface area contributed by atoms with Crippen LogP contribution in [-0.2, 0) is 9.53 Å². The molecule has 0 spiro atoms. The average Bonchev–Trinajstić information content (AvgIpc) is 2.00. The lowest BCUT2D eigenvalue weighted by Gasteiger charge is -2.39. The Morgan fingerprint density at radius 2 is 2.21 bits per heavy atom. The van der Waals surface area contributed by atoms with Crippen molar-refractivity contribution in [3.63, 3.8) is 0 Å². The van der Waals surface area contributed by atoms with Crippen molar-refractivity contribution in [2.45, 2.75) is 19.0 Å². The zero-order chi connectivity index (χ0) is 10.8. The van der Waals surface area contributed by atoms with Crippen LogP contribution in [0.25, 0.3) is 0 Å². The van der Waals surface area contributed by atoms with Crippen LogP contribution in [0, 0.1) is 0 Å². The minimum Gasteiger partial charge on any atom is -0.477 e. The third kappa shape index (κ3) is 2.62. The molecule has 0 atom stereocenters. The molecule has 82 valence electrons. The zero-order valence-corrected chi connectivity index (χ0v) is 7.87. The van der Waals surface area contributed by atoms with Crippen molar-refractivity contribution in [3.05, 3.63) is 0 Å². The van der Waals surface area contributed by atoms with Gasteiger partial charge in [-0.15, -0.1) is 0 Å². The second-order valence-corrected chi connectivity index (χ2v) is 3.28. The monoisotopic (exact) mass is 209 g/mol. The quantitative estimate of drug-likeness (QED) is 0.713. The highest BCUT2D eigenvalue weighted by atomic mass is 19.3. The van der Waals surface area contributed by atoms with Crippen LogP contribution in [0.3, 0.4) is 0 Å². The number of rotatable bonds is 5. The molecule has 1 aliphatic rings. The van der Waals surface area contributed by atoms with Crippen LogP contribution in [0.15, 0.2) is 0 Å². The molecule has 1 saturated heterocycles. The van der Waals surface area contributed by atoms with Crippen molar-refractivity contribution < 1.29 is 23.4 Å². The lowest BCUT2D eigenvalue weighted by Crippen LogP contribution is -2.56. The maximum absolute atomic E-state index is 12.6. The first-order valence-corrected chi connectivity index (χ1v) is 4.41. The fourth-order valence-corrected chi connectivity index (χ4v) is 1.34. The van der Waals surface area contributed by atoms with Crippen LogP contribution >= 0.6 is 0 Å². The number of likely N-dealkylation sites (tertiary alicyclic amines) is 1. The van der Waals surface area contributed by atoms with E-state index in [2.05, 4.69) is 0 Å². The van der Waals surface area contributed by atoms with Gasteiger partial charge >= 0.3 is 11.9 Å². The molecule has 0 amide bonds. The first-order valence-electron chi connectivity index (χ1n) is 4.41. The Labute approximate surface area is 80.4 Å². The summed E-state index contributed by atoms with van der Waals surface area (Å²) in [6.45, 7) is 2.42. The second-order valence-electron chi connectivity index (χ2n) is 3.28. The first-order chi connectivity index (χ1) is 6.45. The SMILES string of the molecule is CCOC1CN(CC(F)(F)C(=O)O)C1. The second kappa shape index (κ2) is 4.18. The molecule has 0 aliphatic carbocycles. The van der Waals surface area contributed by atoms with E-state index in [1.165, 1.54) is 4.90 Å². The fraction of sp³-hybridized carbons (Fsp3) is 0.875. The van der Waals surface area contributed by atoms with Crippen LogP contribution in [0.5, 0.6) is 0 Å². The smallest absolute Gasteiger partial charge is 0.375 e. The summed E-state index contributed by atoms with van der Waals surface area (Å²) in [6, 6.07) is 0. The molecule has 0 bridgehead atoms. The van der Waals surface area contributed by atoms with Gasteiger partial charge in [0.25, 0.3) is 0 Å². The van der Waals surface area contributed by atoms with Crippen LogP contribution < -0.4 is 0 Å². The Morgan fingerprint density at radius 1 is 1.64 bits per heavy atom. The molecular weight excluding hydrogens is 196 g/mol. The molecule has 0 aromatic carbocycles. The highest BCUT2D eigenvalue weighted by Crippen LogP contribution is 2.20. The Morgan fingerprint density at radius 3 is 2.64 bits per heavy atom. The van der Waals surface area contributed by atoms with Gasteiger partial charge in [0.1, 0.15) is 0 Å². The largest absolute Gasteiger partial charge is 0.477 e. The molecule has 0 radical (unpaired) electrons. The Balaban J connectivity index is 2.25. The van der Waals surface area contributed by atoms with Gasteiger partial charge in [0.15, 0.2) is 0 Å². The van der Waals surface area contributed by atoms with E-state index in [1.54, 1.807) is 0 Å². The minimum absolute atomic E-state index is 0.0235. The van der Waals surface area contributed by atoms with Crippen molar-refractivity contribution in [1.82, 2.24) is 4.90 Å². The molecule has 14 heavy (non-hydrogen) atoms. The fourth-order valence-electron chi connectivity index (χ4n) is 1.34. The van der Waals surface area contributed by atoms with Gasteiger partial charge in [-0.25, -0.2) is 4.79 Å². The number of alkyl halides is 2. The lowest BCUT2D eigenvalue weighted by molar-refractivity contribution is -0.172. The van der Waals surface area contributed by atoms with E-state index >= 15 is 0 Å². The molecule has 1 rings (SSSR count). The maximum Gasteiger partial charge on any atom is 0.375 e. The summed E-state index contributed by atoms with van der Waals surface area (Å²) in [5.41, 5.74) is 0. The molecule has 1 heterocycles. The number of halogens is 2. The van der Waals surface area contributed by atoms with Crippen molar-refractivity contribution >= 4 is 5.97 Å². The Bertz CT molecular complexity index is 217. The van der Waals surface area contributed by atoms with Gasteiger partial charge in [-0.3, -0.25) is 4.90 Å². The summed E-state index contributed by atoms with van der Waals surface area (Å²) >= 11 is 0. The summed E-state index contributed by atoms with van der Waals surface area (Å²) < 4.78 is 30.4. The highest BCUT2D eigenvalue weighted by molar-refractivity contribution is 5.75. The number of hydrogen-bond acceptors (Lipinski definition) is 3. The van der Waals surface area contributed by atoms with Crippen molar-refractivity contribution in [2.24, 2.45) is 0 Å². The standard InChI is InChI=1S/C8H13F2NO3/c1-2-14-6-3-11(4-6)5-8(9,10)7(12)13/h6H,2-5H2,1H3,(H,12,13). The molecule has 0 aromatic heterocycles. The van der Waals surface area contributed by atoms with E-state index in [1.807, 2.05) is 6.92 Å². The number of carbonyl (C=O) groups is 1. The third-order valence-electron chi connectivity index (χ3n) is 2.06. The van der Waals surface area contributed by atoms with Crippen LogP contribution in [0.2, 0.25) is 0 Å². The van der Waals surface area contributed by atoms with Gasteiger partial charge < -0.3 is 9.84 Å². The summed E-state index contributed by atoms with van der Waals surface area (Å²) in [5, 5.41) is 8.17. The van der Waals surface area contributed by atoms with E-state index in [0.717, 1.165) is 0 Å². The van der Waals surface area contributed by atoms with E-state index in [0.29, 0.717) is 19.7 Å². The summed E-state index contributed by atoms with van der Waals surface area (Å²) in [4.78, 5) is 11.5. The average molecular weight is 209 g/mol. The zero-order valence-electron chi connectivity index (χ0n) is 7.87. The van der Waals surface area contributed by atoms with E-state index < -0.39 is 18.4 Å². The van der Waals surface area contributed by atoms with Crippen LogP contribution in [0.1, 0.15) is 6.92 Å². The number of hydrogen-bond donors (Lipinski definition) is 1. The van der Waals surface area contributed by atoms with E-state index in [4.69, 9.17) is 9.84 Å². The predicted octanol–water partition coefficient (Wildman–Crippen LogP) is 0.427. The summed E-state index contributed by atoms with van der Waals surface area (Å²) in [6.07, 6.45) is -0.0235. The van der Waals surface area contributed by atoms with Gasteiger partial charge in [-0.05, 0) is 6.92 Å². The molecule has 0 aromatic rings. The minimum atomic E-state index is -3.66. The first kappa shape index (κ1) is 11.3. The van der Waals surface area contributed by atoms with Gasteiger partial charge in [0.05, 0.1) is 12.6 Å². The third-order valence-corrected chi connectivity index (χ3v) is 2.06. The molecule has 6 heteroatoms. The van der Waals surface area contributed by atoms with Crippen LogP contribution in [0.4, 0.5) is 8.78 Å². The number of aliphatic carboxylic acids is 1. The van der Waals surface area contributed by atoms with E-state index in [9.17, 15) is 13.6 Å². The number of nitrogens with zero attached hydrogens (tertiary/aromatic N) is 1. The lowest BCUT2D eigenvalue weighted by atomic mass is 10.1. The predicted molar refractivity (Wildman–Crippen MR) is 44.4 cm³/mol.